The van der Waals surface area contributed by atoms with Crippen LogP contribution in [0.5, 0.6) is 5.75 Å². The number of amides is 3. The van der Waals surface area contributed by atoms with Crippen LogP contribution >= 0.6 is 0 Å². The van der Waals surface area contributed by atoms with Crippen molar-refractivity contribution < 1.29 is 24.2 Å². The number of anilines is 1. The number of phenolic OH excluding ortho intramolecular Hbond substituents is 1. The summed E-state index contributed by atoms with van der Waals surface area (Å²) in [6, 6.07) is 10.3. The predicted molar refractivity (Wildman–Crippen MR) is 159 cm³/mol. The summed E-state index contributed by atoms with van der Waals surface area (Å²) in [5.74, 6) is -0.851. The van der Waals surface area contributed by atoms with Crippen LogP contribution in [0, 0.1) is 19.8 Å². The van der Waals surface area contributed by atoms with E-state index < -0.39 is 35.6 Å². The maximum Gasteiger partial charge on any atom is 0.408 e. The van der Waals surface area contributed by atoms with E-state index in [1.165, 1.54) is 11.0 Å². The third kappa shape index (κ3) is 9.57. The first-order chi connectivity index (χ1) is 18.7. The van der Waals surface area contributed by atoms with E-state index in [-0.39, 0.29) is 18.2 Å². The average molecular weight is 554 g/mol. The molecule has 0 fully saturated rings. The van der Waals surface area contributed by atoms with Crippen molar-refractivity contribution in [3.05, 3.63) is 59.2 Å². The van der Waals surface area contributed by atoms with E-state index in [4.69, 9.17) is 4.74 Å². The minimum atomic E-state index is -1.13. The van der Waals surface area contributed by atoms with Gasteiger partial charge >= 0.3 is 6.09 Å². The highest BCUT2D eigenvalue weighted by molar-refractivity contribution is 6.00. The molecule has 3 N–H and O–H groups in total. The molecule has 2 atom stereocenters. The summed E-state index contributed by atoms with van der Waals surface area (Å²) >= 11 is 0. The third-order valence-electron chi connectivity index (χ3n) is 6.50. The molecule has 8 heteroatoms. The third-order valence-corrected chi connectivity index (χ3v) is 6.50. The van der Waals surface area contributed by atoms with Gasteiger partial charge in [0.1, 0.15) is 23.4 Å². The lowest BCUT2D eigenvalue weighted by molar-refractivity contribution is -0.141. The number of alkyl carbamates (subject to hydrolysis) is 1. The predicted octanol–water partition coefficient (Wildman–Crippen LogP) is 6.65. The van der Waals surface area contributed by atoms with E-state index >= 15 is 0 Å². The number of carbonyl (C=O) groups excluding carboxylic acids is 3. The zero-order valence-corrected chi connectivity index (χ0v) is 25.3. The van der Waals surface area contributed by atoms with E-state index in [0.29, 0.717) is 24.1 Å². The molecule has 0 radical (unpaired) electrons. The molecular weight excluding hydrogens is 506 g/mol. The second-order valence-electron chi connectivity index (χ2n) is 11.8. The molecule has 220 valence electrons. The van der Waals surface area contributed by atoms with Gasteiger partial charge in [-0.3, -0.25) is 9.59 Å². The molecule has 2 unspecified atom stereocenters. The van der Waals surface area contributed by atoms with Crippen LogP contribution in [-0.2, 0) is 14.3 Å². The van der Waals surface area contributed by atoms with Crippen LogP contribution in [0.2, 0.25) is 0 Å². The average Bonchev–Trinajstić information content (AvgIpc) is 2.84. The number of hydrogen-bond acceptors (Lipinski definition) is 5. The lowest BCUT2D eigenvalue weighted by atomic mass is 9.98. The molecule has 0 aromatic heterocycles. The van der Waals surface area contributed by atoms with Gasteiger partial charge in [0, 0.05) is 17.8 Å². The van der Waals surface area contributed by atoms with Crippen LogP contribution in [0.15, 0.2) is 42.5 Å². The normalized spacial score (nSPS) is 12.9. The fourth-order valence-corrected chi connectivity index (χ4v) is 4.61. The molecule has 0 aliphatic rings. The molecule has 8 nitrogen and oxygen atoms in total. The van der Waals surface area contributed by atoms with Crippen LogP contribution in [0.4, 0.5) is 10.5 Å². The van der Waals surface area contributed by atoms with Crippen LogP contribution in [0.1, 0.15) is 90.0 Å². The zero-order chi connectivity index (χ0) is 30.0. The van der Waals surface area contributed by atoms with Crippen molar-refractivity contribution in [3.63, 3.8) is 0 Å². The maximum absolute atomic E-state index is 14.3. The van der Waals surface area contributed by atoms with Crippen molar-refractivity contribution in [1.29, 1.82) is 0 Å². The number of aryl methyl sites for hydroxylation is 2. The number of aromatic hydroxyl groups is 1. The quantitative estimate of drug-likeness (QED) is 0.255. The zero-order valence-electron chi connectivity index (χ0n) is 25.3. The van der Waals surface area contributed by atoms with E-state index in [1.54, 1.807) is 39.0 Å². The number of para-hydroxylation sites is 2. The van der Waals surface area contributed by atoms with Crippen molar-refractivity contribution in [3.8, 4) is 5.75 Å². The smallest absolute Gasteiger partial charge is 0.408 e. The highest BCUT2D eigenvalue weighted by atomic mass is 16.6. The van der Waals surface area contributed by atoms with E-state index in [2.05, 4.69) is 17.6 Å². The fourth-order valence-electron chi connectivity index (χ4n) is 4.61. The lowest BCUT2D eigenvalue weighted by Crippen LogP contribution is -2.53. The van der Waals surface area contributed by atoms with Crippen molar-refractivity contribution in [2.45, 2.75) is 98.8 Å². The Morgan fingerprint density at radius 3 is 2.15 bits per heavy atom. The molecule has 0 bridgehead atoms. The first-order valence-corrected chi connectivity index (χ1v) is 14.2. The minimum Gasteiger partial charge on any atom is -0.508 e. The molecule has 2 aromatic rings. The molecule has 40 heavy (non-hydrogen) atoms. The molecule has 0 spiro atoms. The standard InChI is InChI=1S/C32H47N3O5/c1-9-10-13-19-35(30(38)25(20-21(2)3)33-31(39)40-32(6,7)8)28(24-17-11-12-18-26(24)36)29(37)34-27-22(4)15-14-16-23(27)5/h11-12,14-18,21,25,28,36H,9-10,13,19-20H2,1-8H3,(H,33,39)(H,34,37). The summed E-state index contributed by atoms with van der Waals surface area (Å²) < 4.78 is 5.46. The molecule has 2 aromatic carbocycles. The van der Waals surface area contributed by atoms with Gasteiger partial charge in [0.15, 0.2) is 0 Å². The Bertz CT molecular complexity index is 1140. The molecule has 2 rings (SSSR count). The van der Waals surface area contributed by atoms with Crippen LogP contribution < -0.4 is 10.6 Å². The molecule has 0 heterocycles. The number of benzene rings is 2. The van der Waals surface area contributed by atoms with E-state index in [9.17, 15) is 19.5 Å². The first-order valence-electron chi connectivity index (χ1n) is 14.2. The summed E-state index contributed by atoms with van der Waals surface area (Å²) in [4.78, 5) is 42.6. The van der Waals surface area contributed by atoms with Gasteiger partial charge in [-0.25, -0.2) is 4.79 Å². The highest BCUT2D eigenvalue weighted by Gasteiger charge is 2.37. The Morgan fingerprint density at radius 2 is 1.60 bits per heavy atom. The highest BCUT2D eigenvalue weighted by Crippen LogP contribution is 2.32. The van der Waals surface area contributed by atoms with E-state index in [0.717, 1.165) is 24.0 Å². The monoisotopic (exact) mass is 553 g/mol. The molecular formula is C32H47N3O5. The van der Waals surface area contributed by atoms with Crippen molar-refractivity contribution in [1.82, 2.24) is 10.2 Å². The number of unbranched alkanes of at least 4 members (excludes halogenated alkanes) is 2. The number of nitrogens with zero attached hydrogens (tertiary/aromatic N) is 1. The van der Waals surface area contributed by atoms with Gasteiger partial charge < -0.3 is 25.4 Å². The van der Waals surface area contributed by atoms with Gasteiger partial charge in [-0.1, -0.05) is 70.0 Å². The summed E-state index contributed by atoms with van der Waals surface area (Å²) in [7, 11) is 0. The largest absolute Gasteiger partial charge is 0.508 e. The Hall–Kier alpha value is -3.55. The topological polar surface area (TPSA) is 108 Å². The van der Waals surface area contributed by atoms with Gasteiger partial charge in [-0.2, -0.15) is 0 Å². The first kappa shape index (κ1) is 32.7. The maximum atomic E-state index is 14.3. The van der Waals surface area contributed by atoms with Crippen LogP contribution in [0.25, 0.3) is 0 Å². The number of rotatable bonds is 12. The second-order valence-corrected chi connectivity index (χ2v) is 11.8. The minimum absolute atomic E-state index is 0.0772. The van der Waals surface area contributed by atoms with Crippen molar-refractivity contribution in [2.75, 3.05) is 11.9 Å². The summed E-state index contributed by atoms with van der Waals surface area (Å²) in [5.41, 5.74) is 2.02. The Kier molecular flexibility index (Phi) is 12.0. The molecule has 0 saturated heterocycles. The summed E-state index contributed by atoms with van der Waals surface area (Å²) in [6.07, 6.45) is 2.09. The summed E-state index contributed by atoms with van der Waals surface area (Å²) in [5, 5.41) is 16.6. The molecule has 0 aliphatic carbocycles. The summed E-state index contributed by atoms with van der Waals surface area (Å²) in [6.45, 7) is 15.4. The molecule has 3 amide bonds. The lowest BCUT2D eigenvalue weighted by Gasteiger charge is -2.35. The van der Waals surface area contributed by atoms with E-state index in [1.807, 2.05) is 45.9 Å². The van der Waals surface area contributed by atoms with Gasteiger partial charge in [0.05, 0.1) is 0 Å². The SMILES string of the molecule is CCCCCN(C(=O)C(CC(C)C)NC(=O)OC(C)(C)C)C(C(=O)Nc1c(C)cccc1C)c1ccccc1O. The number of phenols is 1. The molecule has 0 saturated carbocycles. The van der Waals surface area contributed by atoms with Crippen LogP contribution in [-0.4, -0.2) is 46.1 Å². The van der Waals surface area contributed by atoms with Crippen LogP contribution in [0.3, 0.4) is 0 Å². The Labute approximate surface area is 239 Å². The second kappa shape index (κ2) is 14.7. The Balaban J connectivity index is 2.59. The molecule has 0 aliphatic heterocycles. The van der Waals surface area contributed by atoms with Gasteiger partial charge in [0.25, 0.3) is 5.91 Å². The number of hydrogen-bond donors (Lipinski definition) is 3. The van der Waals surface area contributed by atoms with Gasteiger partial charge in [-0.15, -0.1) is 0 Å². The number of nitrogens with one attached hydrogen (secondary N) is 2. The number of carbonyl (C=O) groups is 3. The van der Waals surface area contributed by atoms with Gasteiger partial charge in [0.2, 0.25) is 5.91 Å². The fraction of sp³-hybridized carbons (Fsp3) is 0.531. The van der Waals surface area contributed by atoms with Gasteiger partial charge in [-0.05, 0) is 70.6 Å². The van der Waals surface area contributed by atoms with Crippen molar-refractivity contribution in [2.24, 2.45) is 5.92 Å². The van der Waals surface area contributed by atoms with Crippen molar-refractivity contribution >= 4 is 23.6 Å². The Morgan fingerprint density at radius 1 is 0.975 bits per heavy atom. The number of ether oxygens (including phenoxy) is 1.